The predicted molar refractivity (Wildman–Crippen MR) is 59.1 cm³/mol. The number of carbonyl (C=O) groups is 1. The van der Waals surface area contributed by atoms with Crippen LogP contribution in [0.4, 0.5) is 0 Å². The molecule has 1 aromatic rings. The van der Waals surface area contributed by atoms with Crippen molar-refractivity contribution in [3.05, 3.63) is 16.1 Å². The summed E-state index contributed by atoms with van der Waals surface area (Å²) >= 11 is 1.63. The first-order valence-corrected chi connectivity index (χ1v) is 5.96. The quantitative estimate of drug-likeness (QED) is 0.772. The van der Waals surface area contributed by atoms with Gasteiger partial charge in [-0.2, -0.15) is 0 Å². The predicted octanol–water partition coefficient (Wildman–Crippen LogP) is 1.99. The number of aromatic nitrogens is 1. The van der Waals surface area contributed by atoms with Gasteiger partial charge in [0.15, 0.2) is 5.78 Å². The summed E-state index contributed by atoms with van der Waals surface area (Å²) in [6.07, 6.45) is 0.715. The molecule has 0 aliphatic carbocycles. The topological polar surface area (TPSA) is 39.2 Å². The van der Waals surface area contributed by atoms with Gasteiger partial charge in [0.25, 0.3) is 0 Å². The number of carbonyl (C=O) groups excluding carboxylic acids is 1. The zero-order chi connectivity index (χ0) is 11.1. The standard InChI is InChI=1S/C11H15NO2S/c1-7-12-9(6-15-7)4-8-5-14-11(2,3)10(8)13/h6,8H,4-5H2,1-3H3. The van der Waals surface area contributed by atoms with Crippen molar-refractivity contribution in [3.8, 4) is 0 Å². The van der Waals surface area contributed by atoms with Gasteiger partial charge in [-0.15, -0.1) is 11.3 Å². The van der Waals surface area contributed by atoms with Crippen molar-refractivity contribution in [1.82, 2.24) is 4.98 Å². The molecule has 4 heteroatoms. The molecule has 1 saturated heterocycles. The molecule has 0 bridgehead atoms. The van der Waals surface area contributed by atoms with Crippen LogP contribution in [-0.4, -0.2) is 23.0 Å². The number of Topliss-reactive ketones (excluding diaryl/α,β-unsaturated/α-hetero) is 1. The summed E-state index contributed by atoms with van der Waals surface area (Å²) in [5.74, 6) is 0.189. The fourth-order valence-corrected chi connectivity index (χ4v) is 2.48. The van der Waals surface area contributed by atoms with E-state index in [0.717, 1.165) is 10.7 Å². The maximum Gasteiger partial charge on any atom is 0.169 e. The first-order valence-electron chi connectivity index (χ1n) is 5.08. The van der Waals surface area contributed by atoms with Crippen molar-refractivity contribution < 1.29 is 9.53 Å². The van der Waals surface area contributed by atoms with Gasteiger partial charge >= 0.3 is 0 Å². The second kappa shape index (κ2) is 3.68. The molecule has 0 spiro atoms. The molecule has 1 aliphatic heterocycles. The van der Waals surface area contributed by atoms with E-state index in [1.807, 2.05) is 26.2 Å². The zero-order valence-corrected chi connectivity index (χ0v) is 10.1. The number of aryl methyl sites for hydroxylation is 1. The number of hydrogen-bond donors (Lipinski definition) is 0. The average Bonchev–Trinajstić information content (AvgIpc) is 2.66. The number of ether oxygens (including phenoxy) is 1. The highest BCUT2D eigenvalue weighted by Gasteiger charge is 2.41. The lowest BCUT2D eigenvalue weighted by Crippen LogP contribution is -2.30. The van der Waals surface area contributed by atoms with E-state index >= 15 is 0 Å². The van der Waals surface area contributed by atoms with Crippen LogP contribution in [-0.2, 0) is 16.0 Å². The van der Waals surface area contributed by atoms with Crippen LogP contribution in [0.25, 0.3) is 0 Å². The fourth-order valence-electron chi connectivity index (χ4n) is 1.85. The molecule has 15 heavy (non-hydrogen) atoms. The van der Waals surface area contributed by atoms with Gasteiger partial charge in [0.2, 0.25) is 0 Å². The maximum absolute atomic E-state index is 11.9. The lowest BCUT2D eigenvalue weighted by molar-refractivity contribution is -0.130. The Bertz CT molecular complexity index is 384. The van der Waals surface area contributed by atoms with Gasteiger partial charge < -0.3 is 4.74 Å². The summed E-state index contributed by atoms with van der Waals surface area (Å²) in [5.41, 5.74) is 0.410. The SMILES string of the molecule is Cc1nc(CC2COC(C)(C)C2=O)cs1. The third-order valence-electron chi connectivity index (χ3n) is 2.73. The van der Waals surface area contributed by atoms with Gasteiger partial charge in [0.1, 0.15) is 5.60 Å². The van der Waals surface area contributed by atoms with Crippen LogP contribution in [0.15, 0.2) is 5.38 Å². The Kier molecular flexibility index (Phi) is 2.64. The molecule has 1 unspecified atom stereocenters. The number of ketones is 1. The normalized spacial score (nSPS) is 24.7. The highest BCUT2D eigenvalue weighted by atomic mass is 32.1. The van der Waals surface area contributed by atoms with E-state index in [9.17, 15) is 4.79 Å². The Morgan fingerprint density at radius 2 is 2.40 bits per heavy atom. The molecule has 82 valence electrons. The number of thiazole rings is 1. The van der Waals surface area contributed by atoms with Gasteiger partial charge in [0.05, 0.1) is 17.3 Å². The Morgan fingerprint density at radius 3 is 2.87 bits per heavy atom. The van der Waals surface area contributed by atoms with Crippen LogP contribution in [0.1, 0.15) is 24.5 Å². The van der Waals surface area contributed by atoms with Gasteiger partial charge in [-0.25, -0.2) is 4.98 Å². The van der Waals surface area contributed by atoms with Gasteiger partial charge in [-0.05, 0) is 20.8 Å². The minimum atomic E-state index is -0.601. The van der Waals surface area contributed by atoms with E-state index in [1.165, 1.54) is 0 Å². The summed E-state index contributed by atoms with van der Waals surface area (Å²) < 4.78 is 5.47. The van der Waals surface area contributed by atoms with E-state index < -0.39 is 5.60 Å². The molecule has 1 aliphatic rings. The summed E-state index contributed by atoms with van der Waals surface area (Å²) in [6.45, 7) is 6.18. The summed E-state index contributed by atoms with van der Waals surface area (Å²) in [7, 11) is 0. The molecule has 1 fully saturated rings. The highest BCUT2D eigenvalue weighted by Crippen LogP contribution is 2.28. The molecule has 3 nitrogen and oxygen atoms in total. The fraction of sp³-hybridized carbons (Fsp3) is 0.636. The Hall–Kier alpha value is -0.740. The van der Waals surface area contributed by atoms with Crippen LogP contribution in [0.2, 0.25) is 0 Å². The largest absolute Gasteiger partial charge is 0.367 e. The molecule has 0 aromatic carbocycles. The monoisotopic (exact) mass is 225 g/mol. The van der Waals surface area contributed by atoms with Crippen molar-refractivity contribution in [2.75, 3.05) is 6.61 Å². The zero-order valence-electron chi connectivity index (χ0n) is 9.24. The molecule has 0 saturated carbocycles. The summed E-state index contributed by atoms with van der Waals surface area (Å²) in [5, 5.41) is 3.07. The van der Waals surface area contributed by atoms with E-state index in [-0.39, 0.29) is 11.7 Å². The molecule has 1 atom stereocenters. The Labute approximate surface area is 93.5 Å². The van der Waals surface area contributed by atoms with Gasteiger partial charge in [-0.1, -0.05) is 0 Å². The molecule has 2 heterocycles. The second-order valence-corrected chi connectivity index (χ2v) is 5.51. The van der Waals surface area contributed by atoms with E-state index in [2.05, 4.69) is 4.98 Å². The number of nitrogens with zero attached hydrogens (tertiary/aromatic N) is 1. The maximum atomic E-state index is 11.9. The van der Waals surface area contributed by atoms with Crippen molar-refractivity contribution in [1.29, 1.82) is 0 Å². The Balaban J connectivity index is 2.06. The molecule has 0 N–H and O–H groups in total. The van der Waals surface area contributed by atoms with Crippen LogP contribution >= 0.6 is 11.3 Å². The lowest BCUT2D eigenvalue weighted by Gasteiger charge is -2.13. The van der Waals surface area contributed by atoms with Gasteiger partial charge in [-0.3, -0.25) is 4.79 Å². The molecular weight excluding hydrogens is 210 g/mol. The minimum absolute atomic E-state index is 0.0125. The van der Waals surface area contributed by atoms with Crippen molar-refractivity contribution in [2.24, 2.45) is 5.92 Å². The molecule has 0 radical (unpaired) electrons. The van der Waals surface area contributed by atoms with E-state index in [4.69, 9.17) is 4.74 Å². The minimum Gasteiger partial charge on any atom is -0.367 e. The van der Waals surface area contributed by atoms with E-state index in [1.54, 1.807) is 11.3 Å². The van der Waals surface area contributed by atoms with Crippen LogP contribution in [0, 0.1) is 12.8 Å². The van der Waals surface area contributed by atoms with Crippen LogP contribution in [0.5, 0.6) is 0 Å². The third kappa shape index (κ3) is 2.11. The highest BCUT2D eigenvalue weighted by molar-refractivity contribution is 7.09. The number of hydrogen-bond acceptors (Lipinski definition) is 4. The molecule has 0 amide bonds. The third-order valence-corrected chi connectivity index (χ3v) is 3.55. The average molecular weight is 225 g/mol. The van der Waals surface area contributed by atoms with Crippen molar-refractivity contribution >= 4 is 17.1 Å². The number of rotatable bonds is 2. The molecule has 1 aromatic heterocycles. The van der Waals surface area contributed by atoms with E-state index in [0.29, 0.717) is 13.0 Å². The smallest absolute Gasteiger partial charge is 0.169 e. The van der Waals surface area contributed by atoms with Crippen molar-refractivity contribution in [3.63, 3.8) is 0 Å². The molecular formula is C11H15NO2S. The van der Waals surface area contributed by atoms with Crippen molar-refractivity contribution in [2.45, 2.75) is 32.8 Å². The molecule has 2 rings (SSSR count). The van der Waals surface area contributed by atoms with Gasteiger partial charge in [0, 0.05) is 17.7 Å². The summed E-state index contributed by atoms with van der Waals surface area (Å²) in [4.78, 5) is 16.3. The van der Waals surface area contributed by atoms with Crippen LogP contribution < -0.4 is 0 Å². The first kappa shape index (κ1) is 10.8. The van der Waals surface area contributed by atoms with Crippen LogP contribution in [0.3, 0.4) is 0 Å². The first-order chi connectivity index (χ1) is 6.99. The second-order valence-electron chi connectivity index (χ2n) is 4.44. The summed E-state index contributed by atoms with van der Waals surface area (Å²) in [6, 6.07) is 0. The lowest BCUT2D eigenvalue weighted by atomic mass is 9.93. The Morgan fingerprint density at radius 1 is 1.67 bits per heavy atom.